The molecule has 1 saturated heterocycles. The molecule has 0 radical (unpaired) electrons. The van der Waals surface area contributed by atoms with Gasteiger partial charge in [-0.25, -0.2) is 0 Å². The van der Waals surface area contributed by atoms with Crippen LogP contribution in [0.15, 0.2) is 44.8 Å². The molecular weight excluding hydrogens is 356 g/mol. The number of hydrogen-bond donors (Lipinski definition) is 1. The molecule has 0 unspecified atom stereocenters. The number of aliphatic imine (C=N–C) groups is 1. The van der Waals surface area contributed by atoms with Crippen molar-refractivity contribution in [2.24, 2.45) is 4.99 Å². The molecule has 152 valence electrons. The lowest BCUT2D eigenvalue weighted by atomic mass is 10.2. The highest BCUT2D eigenvalue weighted by Gasteiger charge is 2.20. The zero-order valence-corrected chi connectivity index (χ0v) is 16.8. The Morgan fingerprint density at radius 1 is 1.21 bits per heavy atom. The highest BCUT2D eigenvalue weighted by atomic mass is 16.5. The molecule has 1 aliphatic rings. The second kappa shape index (κ2) is 10.1. The molecule has 0 spiro atoms. The van der Waals surface area contributed by atoms with Crippen LogP contribution >= 0.6 is 0 Å². The van der Waals surface area contributed by atoms with Crippen molar-refractivity contribution in [3.8, 4) is 0 Å². The quantitative estimate of drug-likeness (QED) is 0.439. The molecule has 8 nitrogen and oxygen atoms in total. The fraction of sp³-hybridized carbons (Fsp3) is 0.550. The van der Waals surface area contributed by atoms with E-state index in [0.29, 0.717) is 0 Å². The minimum atomic E-state index is 0.0762. The average Bonchev–Trinajstić information content (AvgIpc) is 3.20. The summed E-state index contributed by atoms with van der Waals surface area (Å²) in [5.41, 5.74) is 2.07. The molecule has 0 atom stereocenters. The number of piperazine rings is 1. The van der Waals surface area contributed by atoms with Crippen LogP contribution in [0.2, 0.25) is 0 Å². The van der Waals surface area contributed by atoms with Crippen LogP contribution < -0.4 is 10.9 Å². The molecule has 2 aromatic heterocycles. The summed E-state index contributed by atoms with van der Waals surface area (Å²) in [5, 5.41) is 7.44. The van der Waals surface area contributed by atoms with E-state index < -0.39 is 0 Å². The van der Waals surface area contributed by atoms with Gasteiger partial charge in [0.1, 0.15) is 6.26 Å². The van der Waals surface area contributed by atoms with Crippen LogP contribution in [0.25, 0.3) is 0 Å². The molecule has 1 aliphatic heterocycles. The molecule has 0 aliphatic carbocycles. The number of rotatable bonds is 7. The molecule has 3 heterocycles. The van der Waals surface area contributed by atoms with E-state index in [-0.39, 0.29) is 5.56 Å². The summed E-state index contributed by atoms with van der Waals surface area (Å²) in [4.78, 5) is 21.0. The van der Waals surface area contributed by atoms with E-state index in [0.717, 1.165) is 76.0 Å². The standard InChI is InChI=1S/C20H30N6O2/c1-17-6-5-7-19(27)26(17)10-4-3-9-22-20(21-2)25-13-11-24(12-14-25)16-18-8-15-28-23-18/h5-8,15H,3-4,9-14,16H2,1-2H3,(H,21,22). The van der Waals surface area contributed by atoms with Crippen molar-refractivity contribution in [2.45, 2.75) is 32.9 Å². The van der Waals surface area contributed by atoms with E-state index in [1.165, 1.54) is 0 Å². The summed E-state index contributed by atoms with van der Waals surface area (Å²) in [6.07, 6.45) is 3.57. The first-order valence-corrected chi connectivity index (χ1v) is 9.91. The molecule has 1 fully saturated rings. The zero-order chi connectivity index (χ0) is 19.8. The van der Waals surface area contributed by atoms with Crippen LogP contribution in [0.1, 0.15) is 24.2 Å². The highest BCUT2D eigenvalue weighted by molar-refractivity contribution is 5.79. The topological polar surface area (TPSA) is 78.9 Å². The first-order chi connectivity index (χ1) is 13.7. The number of pyridine rings is 1. The van der Waals surface area contributed by atoms with Gasteiger partial charge >= 0.3 is 0 Å². The summed E-state index contributed by atoms with van der Waals surface area (Å²) < 4.78 is 6.74. The third-order valence-electron chi connectivity index (χ3n) is 5.12. The lowest BCUT2D eigenvalue weighted by Gasteiger charge is -2.36. The Morgan fingerprint density at radius 2 is 2.04 bits per heavy atom. The van der Waals surface area contributed by atoms with E-state index in [4.69, 9.17) is 4.52 Å². The van der Waals surface area contributed by atoms with Gasteiger partial charge in [0.25, 0.3) is 5.56 Å². The van der Waals surface area contributed by atoms with Gasteiger partial charge < -0.3 is 19.3 Å². The summed E-state index contributed by atoms with van der Waals surface area (Å²) in [6, 6.07) is 7.32. The van der Waals surface area contributed by atoms with E-state index >= 15 is 0 Å². The minimum absolute atomic E-state index is 0.0762. The fourth-order valence-corrected chi connectivity index (χ4v) is 3.50. The number of unbranched alkanes of at least 4 members (excludes halogenated alkanes) is 1. The molecule has 0 aromatic carbocycles. The second-order valence-electron chi connectivity index (χ2n) is 7.09. The SMILES string of the molecule is CN=C(NCCCCn1c(C)cccc1=O)N1CCN(Cc2ccon2)CC1. The molecule has 0 bridgehead atoms. The zero-order valence-electron chi connectivity index (χ0n) is 16.8. The Morgan fingerprint density at radius 3 is 2.71 bits per heavy atom. The third kappa shape index (κ3) is 5.45. The Kier molecular flexibility index (Phi) is 7.25. The van der Waals surface area contributed by atoms with Crippen molar-refractivity contribution in [3.63, 3.8) is 0 Å². The molecule has 0 saturated carbocycles. The molecule has 0 amide bonds. The second-order valence-corrected chi connectivity index (χ2v) is 7.09. The molecule has 28 heavy (non-hydrogen) atoms. The van der Waals surface area contributed by atoms with Crippen molar-refractivity contribution in [3.05, 3.63) is 52.3 Å². The van der Waals surface area contributed by atoms with Crippen molar-refractivity contribution in [1.82, 2.24) is 24.8 Å². The van der Waals surface area contributed by atoms with Crippen molar-refractivity contribution < 1.29 is 4.52 Å². The Balaban J connectivity index is 1.36. The normalized spacial score (nSPS) is 15.8. The lowest BCUT2D eigenvalue weighted by molar-refractivity contribution is 0.169. The summed E-state index contributed by atoms with van der Waals surface area (Å²) in [7, 11) is 1.83. The third-order valence-corrected chi connectivity index (χ3v) is 5.12. The summed E-state index contributed by atoms with van der Waals surface area (Å²) >= 11 is 0. The number of nitrogens with zero attached hydrogens (tertiary/aromatic N) is 5. The van der Waals surface area contributed by atoms with Crippen LogP contribution in [-0.4, -0.2) is 65.3 Å². The fourth-order valence-electron chi connectivity index (χ4n) is 3.50. The number of aryl methyl sites for hydroxylation is 1. The van der Waals surface area contributed by atoms with Crippen molar-refractivity contribution in [1.29, 1.82) is 0 Å². The van der Waals surface area contributed by atoms with Gasteiger partial charge in [-0.3, -0.25) is 14.7 Å². The largest absolute Gasteiger partial charge is 0.364 e. The summed E-state index contributed by atoms with van der Waals surface area (Å²) in [6.45, 7) is 8.25. The first kappa shape index (κ1) is 20.1. The number of nitrogens with one attached hydrogen (secondary N) is 1. The summed E-state index contributed by atoms with van der Waals surface area (Å²) in [5.74, 6) is 0.953. The minimum Gasteiger partial charge on any atom is -0.364 e. The van der Waals surface area contributed by atoms with Gasteiger partial charge in [0, 0.05) is 70.7 Å². The molecule has 3 rings (SSSR count). The van der Waals surface area contributed by atoms with Gasteiger partial charge in [-0.05, 0) is 25.8 Å². The van der Waals surface area contributed by atoms with Crippen LogP contribution in [0.3, 0.4) is 0 Å². The van der Waals surface area contributed by atoms with Gasteiger partial charge in [0.05, 0.1) is 5.69 Å². The molecular formula is C20H30N6O2. The number of aromatic nitrogens is 2. The molecule has 2 aromatic rings. The van der Waals surface area contributed by atoms with Crippen LogP contribution in [-0.2, 0) is 13.1 Å². The first-order valence-electron chi connectivity index (χ1n) is 9.91. The van der Waals surface area contributed by atoms with Crippen LogP contribution in [0, 0.1) is 6.92 Å². The van der Waals surface area contributed by atoms with E-state index in [1.807, 2.05) is 36.7 Å². The van der Waals surface area contributed by atoms with Crippen molar-refractivity contribution in [2.75, 3.05) is 39.8 Å². The van der Waals surface area contributed by atoms with Gasteiger partial charge in [-0.15, -0.1) is 0 Å². The predicted molar refractivity (Wildman–Crippen MR) is 109 cm³/mol. The molecule has 1 N–H and O–H groups in total. The Labute approximate surface area is 165 Å². The lowest BCUT2D eigenvalue weighted by Crippen LogP contribution is -2.52. The van der Waals surface area contributed by atoms with E-state index in [1.54, 1.807) is 12.3 Å². The number of hydrogen-bond acceptors (Lipinski definition) is 5. The maximum atomic E-state index is 11.9. The predicted octanol–water partition coefficient (Wildman–Crippen LogP) is 1.32. The highest BCUT2D eigenvalue weighted by Crippen LogP contribution is 2.07. The van der Waals surface area contributed by atoms with Crippen LogP contribution in [0.4, 0.5) is 0 Å². The average molecular weight is 387 g/mol. The Bertz CT molecular complexity index is 806. The van der Waals surface area contributed by atoms with Gasteiger partial charge in [-0.2, -0.15) is 0 Å². The maximum absolute atomic E-state index is 11.9. The van der Waals surface area contributed by atoms with Crippen molar-refractivity contribution >= 4 is 5.96 Å². The monoisotopic (exact) mass is 386 g/mol. The smallest absolute Gasteiger partial charge is 0.250 e. The number of guanidine groups is 1. The van der Waals surface area contributed by atoms with Gasteiger partial charge in [0.15, 0.2) is 5.96 Å². The van der Waals surface area contributed by atoms with E-state index in [2.05, 4.69) is 25.3 Å². The molecule has 8 heteroatoms. The maximum Gasteiger partial charge on any atom is 0.250 e. The van der Waals surface area contributed by atoms with E-state index in [9.17, 15) is 4.79 Å². The van der Waals surface area contributed by atoms with Gasteiger partial charge in [-0.1, -0.05) is 11.2 Å². The van der Waals surface area contributed by atoms with Gasteiger partial charge in [0.2, 0.25) is 0 Å². The van der Waals surface area contributed by atoms with Crippen LogP contribution in [0.5, 0.6) is 0 Å². The Hall–Kier alpha value is -2.61.